The molecule has 1 heterocycles. The Labute approximate surface area is 98.5 Å². The van der Waals surface area contributed by atoms with Crippen LogP contribution < -0.4 is 5.73 Å². The van der Waals surface area contributed by atoms with Crippen LogP contribution in [-0.2, 0) is 0 Å². The van der Waals surface area contributed by atoms with E-state index in [1.807, 2.05) is 6.92 Å². The van der Waals surface area contributed by atoms with E-state index in [1.165, 1.54) is 25.7 Å². The number of hydrogen-bond acceptors (Lipinski definition) is 3. The van der Waals surface area contributed by atoms with Crippen molar-refractivity contribution in [1.82, 2.24) is 4.90 Å². The molecule has 3 N–H and O–H groups in total. The smallest absolute Gasteiger partial charge is 0.143 e. The van der Waals surface area contributed by atoms with E-state index in [4.69, 9.17) is 10.9 Å². The van der Waals surface area contributed by atoms with E-state index in [1.54, 1.807) is 0 Å². The molecular weight excluding hydrogens is 202 g/mol. The summed E-state index contributed by atoms with van der Waals surface area (Å²) in [7, 11) is 0. The van der Waals surface area contributed by atoms with Crippen molar-refractivity contribution >= 4 is 5.84 Å². The molecule has 0 aromatic heterocycles. The van der Waals surface area contributed by atoms with Crippen molar-refractivity contribution in [3.05, 3.63) is 0 Å². The molecule has 1 saturated heterocycles. The van der Waals surface area contributed by atoms with Gasteiger partial charge in [-0.15, -0.1) is 0 Å². The Hall–Kier alpha value is -0.770. The van der Waals surface area contributed by atoms with Crippen LogP contribution in [0, 0.1) is 11.8 Å². The maximum absolute atomic E-state index is 8.61. The van der Waals surface area contributed by atoms with Crippen molar-refractivity contribution in [2.75, 3.05) is 19.6 Å². The molecule has 0 bridgehead atoms. The van der Waals surface area contributed by atoms with Crippen LogP contribution in [0.2, 0.25) is 0 Å². The summed E-state index contributed by atoms with van der Waals surface area (Å²) in [5.41, 5.74) is 5.60. The van der Waals surface area contributed by atoms with Gasteiger partial charge in [-0.1, -0.05) is 25.4 Å². The van der Waals surface area contributed by atoms with Gasteiger partial charge < -0.3 is 15.8 Å². The monoisotopic (exact) mass is 227 g/mol. The summed E-state index contributed by atoms with van der Waals surface area (Å²) in [4.78, 5) is 2.44. The number of hydrogen-bond donors (Lipinski definition) is 2. The Morgan fingerprint density at radius 1 is 1.50 bits per heavy atom. The standard InChI is InChI=1S/C12H25N3O/c1-3-11-5-4-7-15(8-6-11)9-10(2)12(13)14-16/h10-11,16H,3-9H2,1-2H3,(H2,13,14). The fourth-order valence-electron chi connectivity index (χ4n) is 2.40. The van der Waals surface area contributed by atoms with Crippen LogP contribution >= 0.6 is 0 Å². The summed E-state index contributed by atoms with van der Waals surface area (Å²) < 4.78 is 0. The molecule has 0 saturated carbocycles. The maximum atomic E-state index is 8.61. The second-order valence-corrected chi connectivity index (χ2v) is 4.93. The summed E-state index contributed by atoms with van der Waals surface area (Å²) >= 11 is 0. The van der Waals surface area contributed by atoms with Crippen LogP contribution in [0.15, 0.2) is 5.16 Å². The zero-order valence-electron chi connectivity index (χ0n) is 10.5. The highest BCUT2D eigenvalue weighted by Crippen LogP contribution is 2.20. The van der Waals surface area contributed by atoms with Gasteiger partial charge in [0.25, 0.3) is 0 Å². The lowest BCUT2D eigenvalue weighted by atomic mass is 9.98. The highest BCUT2D eigenvalue weighted by molar-refractivity contribution is 5.82. The van der Waals surface area contributed by atoms with E-state index >= 15 is 0 Å². The predicted octanol–water partition coefficient (Wildman–Crippen LogP) is 1.88. The first kappa shape index (κ1) is 13.3. The van der Waals surface area contributed by atoms with Gasteiger partial charge in [0, 0.05) is 12.5 Å². The minimum Gasteiger partial charge on any atom is -0.409 e. The molecule has 2 unspecified atom stereocenters. The number of likely N-dealkylation sites (tertiary alicyclic amines) is 1. The van der Waals surface area contributed by atoms with E-state index in [9.17, 15) is 0 Å². The zero-order chi connectivity index (χ0) is 12.0. The molecule has 1 rings (SSSR count). The average Bonchev–Trinajstić information content (AvgIpc) is 2.53. The summed E-state index contributed by atoms with van der Waals surface area (Å²) in [5.74, 6) is 1.38. The number of nitrogens with zero attached hydrogens (tertiary/aromatic N) is 2. The van der Waals surface area contributed by atoms with E-state index in [0.717, 1.165) is 25.6 Å². The third kappa shape index (κ3) is 4.00. The van der Waals surface area contributed by atoms with Gasteiger partial charge in [0.05, 0.1) is 0 Å². The van der Waals surface area contributed by atoms with E-state index < -0.39 is 0 Å². The minimum atomic E-state index is 0.142. The first-order valence-corrected chi connectivity index (χ1v) is 6.37. The zero-order valence-corrected chi connectivity index (χ0v) is 10.5. The maximum Gasteiger partial charge on any atom is 0.143 e. The number of amidine groups is 1. The average molecular weight is 227 g/mol. The van der Waals surface area contributed by atoms with Gasteiger partial charge in [0.2, 0.25) is 0 Å². The first-order chi connectivity index (χ1) is 7.67. The molecule has 16 heavy (non-hydrogen) atoms. The molecule has 0 amide bonds. The van der Waals surface area contributed by atoms with Crippen molar-refractivity contribution in [3.8, 4) is 0 Å². The Morgan fingerprint density at radius 2 is 2.25 bits per heavy atom. The van der Waals surface area contributed by atoms with Gasteiger partial charge in [-0.25, -0.2) is 0 Å². The SMILES string of the molecule is CCC1CCCN(CC(C)C(N)=NO)CC1. The molecular formula is C12H25N3O. The summed E-state index contributed by atoms with van der Waals surface area (Å²) in [5, 5.41) is 11.7. The van der Waals surface area contributed by atoms with E-state index in [-0.39, 0.29) is 5.92 Å². The molecule has 4 nitrogen and oxygen atoms in total. The molecule has 0 aromatic rings. The number of oxime groups is 1. The van der Waals surface area contributed by atoms with Gasteiger partial charge >= 0.3 is 0 Å². The molecule has 0 aromatic carbocycles. The first-order valence-electron chi connectivity index (χ1n) is 6.37. The predicted molar refractivity (Wildman–Crippen MR) is 66.6 cm³/mol. The quantitative estimate of drug-likeness (QED) is 0.333. The number of rotatable bonds is 4. The lowest BCUT2D eigenvalue weighted by Crippen LogP contribution is -2.35. The highest BCUT2D eigenvalue weighted by atomic mass is 16.4. The second kappa shape index (κ2) is 6.74. The van der Waals surface area contributed by atoms with Crippen LogP contribution in [0.1, 0.15) is 39.5 Å². The van der Waals surface area contributed by atoms with Crippen molar-refractivity contribution in [3.63, 3.8) is 0 Å². The van der Waals surface area contributed by atoms with Crippen molar-refractivity contribution in [1.29, 1.82) is 0 Å². The van der Waals surface area contributed by atoms with Crippen LogP contribution in [0.25, 0.3) is 0 Å². The second-order valence-electron chi connectivity index (χ2n) is 4.93. The Bertz CT molecular complexity index is 230. The molecule has 0 radical (unpaired) electrons. The lowest BCUT2D eigenvalue weighted by Gasteiger charge is -2.23. The van der Waals surface area contributed by atoms with Crippen LogP contribution in [0.5, 0.6) is 0 Å². The van der Waals surface area contributed by atoms with Crippen molar-refractivity contribution < 1.29 is 5.21 Å². The molecule has 1 fully saturated rings. The number of nitrogens with two attached hydrogens (primary N) is 1. The van der Waals surface area contributed by atoms with Crippen LogP contribution in [0.4, 0.5) is 0 Å². The largest absolute Gasteiger partial charge is 0.409 e. The third-order valence-electron chi connectivity index (χ3n) is 3.67. The van der Waals surface area contributed by atoms with E-state index in [2.05, 4.69) is 17.0 Å². The Balaban J connectivity index is 2.37. The molecule has 2 atom stereocenters. The van der Waals surface area contributed by atoms with Gasteiger partial charge in [-0.3, -0.25) is 0 Å². The van der Waals surface area contributed by atoms with Crippen LogP contribution in [0.3, 0.4) is 0 Å². The normalized spacial score (nSPS) is 26.4. The van der Waals surface area contributed by atoms with Gasteiger partial charge in [-0.2, -0.15) is 0 Å². The molecule has 94 valence electrons. The van der Waals surface area contributed by atoms with Crippen LogP contribution in [-0.4, -0.2) is 35.6 Å². The summed E-state index contributed by atoms with van der Waals surface area (Å²) in [6.45, 7) is 7.50. The summed E-state index contributed by atoms with van der Waals surface area (Å²) in [6, 6.07) is 0. The van der Waals surface area contributed by atoms with Crippen molar-refractivity contribution in [2.24, 2.45) is 22.7 Å². The highest BCUT2D eigenvalue weighted by Gasteiger charge is 2.18. The fraction of sp³-hybridized carbons (Fsp3) is 0.917. The van der Waals surface area contributed by atoms with Gasteiger partial charge in [0.1, 0.15) is 5.84 Å². The van der Waals surface area contributed by atoms with Gasteiger partial charge in [0.15, 0.2) is 0 Å². The molecule has 1 aliphatic rings. The third-order valence-corrected chi connectivity index (χ3v) is 3.67. The fourth-order valence-corrected chi connectivity index (χ4v) is 2.40. The Morgan fingerprint density at radius 3 is 2.88 bits per heavy atom. The van der Waals surface area contributed by atoms with Gasteiger partial charge in [-0.05, 0) is 38.3 Å². The molecule has 0 aliphatic carbocycles. The minimum absolute atomic E-state index is 0.142. The summed E-state index contributed by atoms with van der Waals surface area (Å²) in [6.07, 6.45) is 5.22. The molecule has 1 aliphatic heterocycles. The Kier molecular flexibility index (Phi) is 5.60. The lowest BCUT2D eigenvalue weighted by molar-refractivity contribution is 0.259. The van der Waals surface area contributed by atoms with Crippen molar-refractivity contribution in [2.45, 2.75) is 39.5 Å². The van der Waals surface area contributed by atoms with E-state index in [0.29, 0.717) is 5.84 Å². The topological polar surface area (TPSA) is 61.8 Å². The molecule has 0 spiro atoms. The molecule has 4 heteroatoms.